The number of nitrogens with zero attached hydrogens (tertiary/aromatic N) is 2. The summed E-state index contributed by atoms with van der Waals surface area (Å²) in [5.74, 6) is 0.875. The second-order valence-electron chi connectivity index (χ2n) is 10.2. The van der Waals surface area contributed by atoms with E-state index in [2.05, 4.69) is 65.9 Å². The van der Waals surface area contributed by atoms with Crippen molar-refractivity contribution in [3.63, 3.8) is 0 Å². The lowest BCUT2D eigenvalue weighted by Crippen LogP contribution is -2.55. The van der Waals surface area contributed by atoms with Gasteiger partial charge in [-0.15, -0.1) is 0 Å². The van der Waals surface area contributed by atoms with Crippen LogP contribution in [0.5, 0.6) is 0 Å². The third kappa shape index (κ3) is 3.74. The largest absolute Gasteiger partial charge is 0.349 e. The molecule has 0 unspecified atom stereocenters. The minimum absolute atomic E-state index is 0.0222. The second-order valence-corrected chi connectivity index (χ2v) is 10.2. The van der Waals surface area contributed by atoms with Crippen molar-refractivity contribution in [1.29, 1.82) is 0 Å². The fourth-order valence-corrected chi connectivity index (χ4v) is 6.16. The number of para-hydroxylation sites is 1. The molecule has 1 aromatic heterocycles. The van der Waals surface area contributed by atoms with Gasteiger partial charge in [0.25, 0.3) is 5.91 Å². The summed E-state index contributed by atoms with van der Waals surface area (Å²) < 4.78 is 1.96. The van der Waals surface area contributed by atoms with Gasteiger partial charge in [-0.2, -0.15) is 5.10 Å². The maximum absolute atomic E-state index is 13.2. The summed E-state index contributed by atoms with van der Waals surface area (Å²) in [6.07, 6.45) is 6.77. The molecule has 1 amide bonds. The normalized spacial score (nSPS) is 23.8. The van der Waals surface area contributed by atoms with Gasteiger partial charge in [0.05, 0.1) is 23.8 Å². The maximum Gasteiger partial charge on any atom is 0.253 e. The van der Waals surface area contributed by atoms with Gasteiger partial charge in [-0.05, 0) is 59.8 Å². The number of hydrogen-bond acceptors (Lipinski definition) is 2. The van der Waals surface area contributed by atoms with Crippen LogP contribution < -0.4 is 5.32 Å². The summed E-state index contributed by atoms with van der Waals surface area (Å²) >= 11 is 0. The van der Waals surface area contributed by atoms with Crippen LogP contribution in [0.4, 0.5) is 0 Å². The molecule has 33 heavy (non-hydrogen) atoms. The van der Waals surface area contributed by atoms with E-state index in [0.717, 1.165) is 35.2 Å². The maximum atomic E-state index is 13.2. The average Bonchev–Trinajstić information content (AvgIpc) is 3.20. The first-order chi connectivity index (χ1) is 16.1. The van der Waals surface area contributed by atoms with Crippen LogP contribution in [0.25, 0.3) is 22.0 Å². The summed E-state index contributed by atoms with van der Waals surface area (Å²) in [6.45, 7) is 2.96. The lowest BCUT2D eigenvalue weighted by Gasteiger charge is -2.57. The zero-order valence-corrected chi connectivity index (χ0v) is 19.0. The molecule has 0 saturated heterocycles. The number of nitrogens with one attached hydrogen (secondary N) is 1. The molecular formula is C29H29N3O. The van der Waals surface area contributed by atoms with Gasteiger partial charge >= 0.3 is 0 Å². The molecule has 3 aromatic carbocycles. The van der Waals surface area contributed by atoms with Crippen LogP contribution in [0, 0.1) is 11.3 Å². The monoisotopic (exact) mass is 435 g/mol. The van der Waals surface area contributed by atoms with E-state index in [1.165, 1.54) is 24.0 Å². The summed E-state index contributed by atoms with van der Waals surface area (Å²) in [5, 5.41) is 8.91. The van der Waals surface area contributed by atoms with Gasteiger partial charge in [-0.25, -0.2) is 0 Å². The molecule has 0 atom stereocenters. The Hall–Kier alpha value is -3.40. The Kier molecular flexibility index (Phi) is 4.83. The number of amides is 1. The first-order valence-electron chi connectivity index (χ1n) is 12.0. The molecule has 1 heterocycles. The number of rotatable bonds is 5. The number of fused-ring (bicyclic) bond motifs is 1. The third-order valence-electron chi connectivity index (χ3n) is 7.56. The van der Waals surface area contributed by atoms with Crippen LogP contribution in [-0.4, -0.2) is 21.7 Å². The molecule has 2 aliphatic rings. The van der Waals surface area contributed by atoms with Gasteiger partial charge in [0, 0.05) is 11.4 Å². The Morgan fingerprint density at radius 1 is 0.939 bits per heavy atom. The van der Waals surface area contributed by atoms with Crippen LogP contribution in [0.1, 0.15) is 48.5 Å². The van der Waals surface area contributed by atoms with Crippen molar-refractivity contribution in [2.24, 2.45) is 11.3 Å². The van der Waals surface area contributed by atoms with E-state index >= 15 is 0 Å². The van der Waals surface area contributed by atoms with Crippen molar-refractivity contribution in [3.8, 4) is 11.1 Å². The van der Waals surface area contributed by atoms with E-state index < -0.39 is 0 Å². The Balaban J connectivity index is 1.20. The molecule has 0 radical (unpaired) electrons. The van der Waals surface area contributed by atoms with Gasteiger partial charge in [0.1, 0.15) is 0 Å². The Labute approximate surface area is 194 Å². The van der Waals surface area contributed by atoms with Crippen molar-refractivity contribution in [1.82, 2.24) is 15.1 Å². The molecule has 1 spiro atoms. The first kappa shape index (κ1) is 20.2. The fourth-order valence-electron chi connectivity index (χ4n) is 6.16. The smallest absolute Gasteiger partial charge is 0.253 e. The molecule has 1 N–H and O–H groups in total. The fraction of sp³-hybridized carbons (Fsp3) is 0.310. The topological polar surface area (TPSA) is 46.9 Å². The third-order valence-corrected chi connectivity index (χ3v) is 7.56. The highest BCUT2D eigenvalue weighted by Crippen LogP contribution is 2.58. The number of carbonyl (C=O) groups is 1. The summed E-state index contributed by atoms with van der Waals surface area (Å²) in [7, 11) is 0. The van der Waals surface area contributed by atoms with Crippen molar-refractivity contribution >= 4 is 16.8 Å². The van der Waals surface area contributed by atoms with Crippen LogP contribution in [-0.2, 0) is 6.54 Å². The van der Waals surface area contributed by atoms with Crippen molar-refractivity contribution in [2.45, 2.75) is 45.2 Å². The van der Waals surface area contributed by atoms with E-state index in [9.17, 15) is 4.79 Å². The summed E-state index contributed by atoms with van der Waals surface area (Å²) in [4.78, 5) is 13.2. The molecule has 4 aromatic rings. The van der Waals surface area contributed by atoms with Crippen LogP contribution >= 0.6 is 0 Å². The average molecular weight is 436 g/mol. The van der Waals surface area contributed by atoms with Crippen molar-refractivity contribution in [3.05, 3.63) is 90.1 Å². The molecule has 0 bridgehead atoms. The SMILES string of the molecule is CC1CC2(C1)CC(NC(=O)c1cccc3cnn(Cc4ccc(-c5ccccc5)cc4)c13)C2. The lowest BCUT2D eigenvalue weighted by molar-refractivity contribution is -0.0399. The zero-order valence-electron chi connectivity index (χ0n) is 19.0. The van der Waals surface area contributed by atoms with Gasteiger partial charge in [0.2, 0.25) is 0 Å². The van der Waals surface area contributed by atoms with E-state index in [0.29, 0.717) is 23.6 Å². The molecule has 2 aliphatic carbocycles. The van der Waals surface area contributed by atoms with Crippen molar-refractivity contribution in [2.75, 3.05) is 0 Å². The Morgan fingerprint density at radius 2 is 1.67 bits per heavy atom. The van der Waals surface area contributed by atoms with E-state index in [4.69, 9.17) is 0 Å². The highest BCUT2D eigenvalue weighted by Gasteiger charge is 2.51. The standard InChI is InChI=1S/C29H29N3O/c1-20-14-29(15-20)16-25(17-29)31-28(33)26-9-5-8-24-18-30-32(27(24)26)19-21-10-12-23(13-11-21)22-6-3-2-4-7-22/h2-13,18,20,25H,14-17,19H2,1H3,(H,31,33). The Morgan fingerprint density at radius 3 is 2.39 bits per heavy atom. The van der Waals surface area contributed by atoms with Gasteiger partial charge < -0.3 is 5.32 Å². The van der Waals surface area contributed by atoms with Gasteiger partial charge in [-0.3, -0.25) is 9.48 Å². The van der Waals surface area contributed by atoms with E-state index in [1.54, 1.807) is 0 Å². The number of benzene rings is 3. The molecular weight excluding hydrogens is 406 g/mol. The zero-order chi connectivity index (χ0) is 22.4. The molecule has 4 nitrogen and oxygen atoms in total. The number of aromatic nitrogens is 2. The Bertz CT molecular complexity index is 1290. The minimum Gasteiger partial charge on any atom is -0.349 e. The van der Waals surface area contributed by atoms with Gasteiger partial charge in [-0.1, -0.05) is 73.7 Å². The first-order valence-corrected chi connectivity index (χ1v) is 12.0. The quantitative estimate of drug-likeness (QED) is 0.414. The van der Waals surface area contributed by atoms with E-state index in [-0.39, 0.29) is 5.91 Å². The van der Waals surface area contributed by atoms with Crippen LogP contribution in [0.3, 0.4) is 0 Å². The highest BCUT2D eigenvalue weighted by atomic mass is 16.1. The van der Waals surface area contributed by atoms with E-state index in [1.807, 2.05) is 35.1 Å². The molecule has 166 valence electrons. The molecule has 2 saturated carbocycles. The van der Waals surface area contributed by atoms with Crippen LogP contribution in [0.15, 0.2) is 79.0 Å². The van der Waals surface area contributed by atoms with Crippen LogP contribution in [0.2, 0.25) is 0 Å². The molecule has 4 heteroatoms. The molecule has 0 aliphatic heterocycles. The predicted octanol–water partition coefficient (Wildman–Crippen LogP) is 6.06. The number of hydrogen-bond donors (Lipinski definition) is 1. The minimum atomic E-state index is 0.0222. The summed E-state index contributed by atoms with van der Waals surface area (Å²) in [5.41, 5.74) is 5.72. The summed E-state index contributed by atoms with van der Waals surface area (Å²) in [6, 6.07) is 25.2. The highest BCUT2D eigenvalue weighted by molar-refractivity contribution is 6.05. The molecule has 2 fully saturated rings. The van der Waals surface area contributed by atoms with Gasteiger partial charge in [0.15, 0.2) is 0 Å². The molecule has 6 rings (SSSR count). The predicted molar refractivity (Wildman–Crippen MR) is 132 cm³/mol. The number of carbonyl (C=O) groups excluding carboxylic acids is 1. The lowest BCUT2D eigenvalue weighted by atomic mass is 9.50. The second kappa shape index (κ2) is 7.87. The van der Waals surface area contributed by atoms with Crippen molar-refractivity contribution < 1.29 is 4.79 Å².